The molecule has 0 amide bonds. The molecule has 1 aromatic carbocycles. The highest BCUT2D eigenvalue weighted by atomic mass is 33.1. The number of aromatic nitrogens is 2. The fourth-order valence-electron chi connectivity index (χ4n) is 1.47. The molecule has 8 heteroatoms. The summed E-state index contributed by atoms with van der Waals surface area (Å²) < 4.78 is 31.2. The van der Waals surface area contributed by atoms with Crippen molar-refractivity contribution in [2.75, 3.05) is 17.6 Å². The maximum Gasteiger partial charge on any atom is 0.156 e. The van der Waals surface area contributed by atoms with Gasteiger partial charge in [0.15, 0.2) is 5.82 Å². The third kappa shape index (κ3) is 3.56. The molecular formula is C10H10N3O3S2-. The molecule has 0 fully saturated rings. The molecule has 96 valence electrons. The predicted molar refractivity (Wildman–Crippen MR) is 70.2 cm³/mol. The van der Waals surface area contributed by atoms with Crippen LogP contribution in [0.1, 0.15) is 0 Å². The van der Waals surface area contributed by atoms with E-state index in [4.69, 9.17) is 0 Å². The third-order valence-electron chi connectivity index (χ3n) is 2.19. The van der Waals surface area contributed by atoms with Crippen molar-refractivity contribution in [3.05, 3.63) is 30.5 Å². The van der Waals surface area contributed by atoms with Crippen LogP contribution in [0.3, 0.4) is 0 Å². The summed E-state index contributed by atoms with van der Waals surface area (Å²) in [6.07, 6.45) is 1.65. The topological polar surface area (TPSA) is 95.0 Å². The maximum absolute atomic E-state index is 10.4. The molecule has 2 aromatic rings. The van der Waals surface area contributed by atoms with E-state index in [9.17, 15) is 13.0 Å². The number of hydrogen-bond acceptors (Lipinski definition) is 7. The molecule has 2 rings (SSSR count). The van der Waals surface area contributed by atoms with E-state index in [1.165, 1.54) is 0 Å². The minimum absolute atomic E-state index is 0.163. The van der Waals surface area contributed by atoms with Gasteiger partial charge in [-0.2, -0.15) is 5.10 Å². The van der Waals surface area contributed by atoms with Gasteiger partial charge in [0, 0.05) is 23.1 Å². The van der Waals surface area contributed by atoms with Gasteiger partial charge >= 0.3 is 0 Å². The molecule has 0 aliphatic carbocycles. The first kappa shape index (κ1) is 13.1. The number of rotatable bonds is 5. The van der Waals surface area contributed by atoms with E-state index in [-0.39, 0.29) is 5.75 Å². The molecule has 1 aromatic heterocycles. The average molecular weight is 284 g/mol. The van der Waals surface area contributed by atoms with Crippen molar-refractivity contribution in [3.63, 3.8) is 0 Å². The zero-order valence-corrected chi connectivity index (χ0v) is 10.9. The second-order valence-corrected chi connectivity index (χ2v) is 6.83. The van der Waals surface area contributed by atoms with Gasteiger partial charge in [-0.1, -0.05) is 24.3 Å². The molecule has 1 heterocycles. The first-order chi connectivity index (χ1) is 8.56. The monoisotopic (exact) mass is 284 g/mol. The molecule has 0 aliphatic heterocycles. The minimum Gasteiger partial charge on any atom is -0.739 e. The van der Waals surface area contributed by atoms with E-state index in [1.807, 2.05) is 24.3 Å². The maximum atomic E-state index is 10.4. The van der Waals surface area contributed by atoms with Crippen LogP contribution in [0, 0.1) is 0 Å². The Balaban J connectivity index is 2.04. The van der Waals surface area contributed by atoms with Crippen molar-refractivity contribution in [1.82, 2.24) is 10.2 Å². The van der Waals surface area contributed by atoms with Crippen LogP contribution in [-0.2, 0) is 9.15 Å². The van der Waals surface area contributed by atoms with Gasteiger partial charge in [-0.3, -0.25) is 0 Å². The van der Waals surface area contributed by atoms with Gasteiger partial charge in [-0.05, 0) is 10.8 Å². The number of anilines is 1. The number of hydrogen-bond donors (Lipinski definition) is 1. The van der Waals surface area contributed by atoms with Crippen LogP contribution in [-0.4, -0.2) is 35.5 Å². The molecular weight excluding hydrogens is 274 g/mol. The molecule has 0 radical (unpaired) electrons. The molecule has 0 aliphatic rings. The van der Waals surface area contributed by atoms with Crippen molar-refractivity contribution in [2.24, 2.45) is 0 Å². The molecule has 0 atom stereocenters. The minimum atomic E-state index is -4.23. The highest BCUT2D eigenvalue weighted by Crippen LogP contribution is 2.19. The molecule has 18 heavy (non-hydrogen) atoms. The van der Waals surface area contributed by atoms with Crippen molar-refractivity contribution in [3.8, 4) is 0 Å². The third-order valence-corrected chi connectivity index (χ3v) is 4.22. The lowest BCUT2D eigenvalue weighted by molar-refractivity contribution is 0.482. The van der Waals surface area contributed by atoms with Crippen molar-refractivity contribution >= 4 is 36.5 Å². The lowest BCUT2D eigenvalue weighted by atomic mass is 10.2. The van der Waals surface area contributed by atoms with Crippen LogP contribution >= 0.6 is 10.8 Å². The first-order valence-corrected chi connectivity index (χ1v) is 8.02. The van der Waals surface area contributed by atoms with E-state index in [2.05, 4.69) is 15.5 Å². The molecule has 0 saturated heterocycles. The van der Waals surface area contributed by atoms with Gasteiger partial charge in [0.2, 0.25) is 0 Å². The molecule has 1 N–H and O–H groups in total. The van der Waals surface area contributed by atoms with Gasteiger partial charge in [0.1, 0.15) is 9.15 Å². The largest absolute Gasteiger partial charge is 0.739 e. The van der Waals surface area contributed by atoms with Crippen LogP contribution in [0.5, 0.6) is 0 Å². The zero-order chi connectivity index (χ0) is 13.0. The van der Waals surface area contributed by atoms with Crippen molar-refractivity contribution < 1.29 is 13.0 Å². The Morgan fingerprint density at radius 1 is 1.33 bits per heavy atom. The second-order valence-electron chi connectivity index (χ2n) is 3.44. The number of fused-ring (bicyclic) bond motifs is 1. The highest BCUT2D eigenvalue weighted by Gasteiger charge is 2.02. The zero-order valence-electron chi connectivity index (χ0n) is 9.24. The molecule has 0 saturated carbocycles. The SMILES string of the molecule is O=S(=O)([O-])SCCNc1nncc2ccccc12. The summed E-state index contributed by atoms with van der Waals surface area (Å²) in [5.41, 5.74) is 0. The van der Waals surface area contributed by atoms with E-state index >= 15 is 0 Å². The average Bonchev–Trinajstić information content (AvgIpc) is 2.33. The summed E-state index contributed by atoms with van der Waals surface area (Å²) in [5.74, 6) is 0.744. The number of nitrogens with zero attached hydrogens (tertiary/aromatic N) is 2. The fraction of sp³-hybridized carbons (Fsp3) is 0.200. The van der Waals surface area contributed by atoms with Gasteiger partial charge in [0.05, 0.1) is 6.20 Å². The first-order valence-electron chi connectivity index (χ1n) is 5.11. The summed E-state index contributed by atoms with van der Waals surface area (Å²) >= 11 is 0. The van der Waals surface area contributed by atoms with Crippen LogP contribution in [0.4, 0.5) is 5.82 Å². The lowest BCUT2D eigenvalue weighted by Gasteiger charge is -2.08. The van der Waals surface area contributed by atoms with Crippen LogP contribution < -0.4 is 5.32 Å². The highest BCUT2D eigenvalue weighted by molar-refractivity contribution is 8.69. The fourth-order valence-corrected chi connectivity index (χ4v) is 2.72. The summed E-state index contributed by atoms with van der Waals surface area (Å²) in [7, 11) is -3.87. The number of nitrogens with one attached hydrogen (secondary N) is 1. The quantitative estimate of drug-likeness (QED) is 0.501. The summed E-state index contributed by atoms with van der Waals surface area (Å²) in [4.78, 5) is 0. The molecule has 0 bridgehead atoms. The van der Waals surface area contributed by atoms with Crippen molar-refractivity contribution in [1.29, 1.82) is 0 Å². The Morgan fingerprint density at radius 3 is 2.89 bits per heavy atom. The normalized spacial score (nSPS) is 11.6. The second kappa shape index (κ2) is 5.51. The Morgan fingerprint density at radius 2 is 2.11 bits per heavy atom. The van der Waals surface area contributed by atoms with E-state index in [0.29, 0.717) is 23.2 Å². The summed E-state index contributed by atoms with van der Waals surface area (Å²) in [6, 6.07) is 7.58. The van der Waals surface area contributed by atoms with Gasteiger partial charge in [-0.25, -0.2) is 8.42 Å². The number of benzene rings is 1. The van der Waals surface area contributed by atoms with Gasteiger partial charge in [0.25, 0.3) is 0 Å². The van der Waals surface area contributed by atoms with Gasteiger partial charge < -0.3 is 9.87 Å². The molecule has 6 nitrogen and oxygen atoms in total. The smallest absolute Gasteiger partial charge is 0.156 e. The Hall–Kier alpha value is -1.38. The standard InChI is InChI=1S/C10H11N3O3S2/c14-18(15,16)17-6-5-11-10-9-4-2-1-3-8(9)7-12-13-10/h1-4,7H,5-6H2,(H,11,13)(H,14,15,16)/p-1. The van der Waals surface area contributed by atoms with Crippen LogP contribution in [0.15, 0.2) is 30.5 Å². The summed E-state index contributed by atoms with van der Waals surface area (Å²) in [5, 5.41) is 12.6. The van der Waals surface area contributed by atoms with Crippen molar-refractivity contribution in [2.45, 2.75) is 0 Å². The Kier molecular flexibility index (Phi) is 4.00. The molecule has 0 spiro atoms. The Labute approximate surface area is 108 Å². The Bertz CT molecular complexity index is 640. The summed E-state index contributed by atoms with van der Waals surface area (Å²) in [6.45, 7) is 0.328. The van der Waals surface area contributed by atoms with E-state index in [0.717, 1.165) is 10.8 Å². The van der Waals surface area contributed by atoms with E-state index in [1.54, 1.807) is 6.20 Å². The molecule has 0 unspecified atom stereocenters. The predicted octanol–water partition coefficient (Wildman–Crippen LogP) is 1.24. The van der Waals surface area contributed by atoms with Gasteiger partial charge in [-0.15, -0.1) is 5.10 Å². The van der Waals surface area contributed by atoms with Crippen LogP contribution in [0.2, 0.25) is 0 Å². The lowest BCUT2D eigenvalue weighted by Crippen LogP contribution is -2.08. The van der Waals surface area contributed by atoms with E-state index < -0.39 is 9.15 Å². The van der Waals surface area contributed by atoms with Crippen LogP contribution in [0.25, 0.3) is 10.8 Å².